The van der Waals surface area contributed by atoms with Gasteiger partial charge in [0.1, 0.15) is 6.61 Å². The van der Waals surface area contributed by atoms with E-state index < -0.39 is 12.2 Å². The lowest BCUT2D eigenvalue weighted by molar-refractivity contribution is -0.133. The van der Waals surface area contributed by atoms with E-state index in [2.05, 4.69) is 6.92 Å². The van der Waals surface area contributed by atoms with Crippen LogP contribution in [0.15, 0.2) is 0 Å². The minimum atomic E-state index is -0.752. The number of unbranched alkanes of at least 4 members (excludes halogenated alkanes) is 1. The van der Waals surface area contributed by atoms with Crippen LogP contribution in [0.25, 0.3) is 0 Å². The molecule has 0 bridgehead atoms. The van der Waals surface area contributed by atoms with Crippen molar-refractivity contribution < 1.29 is 19.4 Å². The summed E-state index contributed by atoms with van der Waals surface area (Å²) in [6.07, 6.45) is 1.55. The summed E-state index contributed by atoms with van der Waals surface area (Å²) >= 11 is 0. The molecule has 0 aromatic carbocycles. The fourth-order valence-electron chi connectivity index (χ4n) is 2.55. The number of amides is 2. The van der Waals surface area contributed by atoms with Gasteiger partial charge in [-0.3, -0.25) is 4.79 Å². The average molecular weight is 299 g/mol. The van der Waals surface area contributed by atoms with Crippen LogP contribution in [0.2, 0.25) is 0 Å². The Balaban J connectivity index is 2.69. The van der Waals surface area contributed by atoms with Crippen LogP contribution in [0.4, 0.5) is 4.79 Å². The summed E-state index contributed by atoms with van der Waals surface area (Å²) in [6, 6.07) is -0.226. The van der Waals surface area contributed by atoms with Crippen LogP contribution < -0.4 is 0 Å². The first-order valence-corrected chi connectivity index (χ1v) is 7.87. The van der Waals surface area contributed by atoms with Crippen LogP contribution in [-0.4, -0.2) is 40.8 Å². The number of ether oxygens (including phenoxy) is 1. The van der Waals surface area contributed by atoms with Gasteiger partial charge in [0, 0.05) is 0 Å². The highest BCUT2D eigenvalue weighted by molar-refractivity contribution is 5.93. The third-order valence-electron chi connectivity index (χ3n) is 4.39. The fraction of sp³-hybridized carbons (Fsp3) is 0.875. The molecule has 122 valence electrons. The van der Waals surface area contributed by atoms with Gasteiger partial charge in [-0.25, -0.2) is 9.69 Å². The van der Waals surface area contributed by atoms with Gasteiger partial charge in [0.05, 0.1) is 18.6 Å². The Kier molecular flexibility index (Phi) is 6.20. The van der Waals surface area contributed by atoms with Crippen molar-refractivity contribution in [3.8, 4) is 0 Å². The first-order chi connectivity index (χ1) is 9.70. The molecule has 0 unspecified atom stereocenters. The van der Waals surface area contributed by atoms with Gasteiger partial charge >= 0.3 is 6.09 Å². The van der Waals surface area contributed by atoms with Crippen LogP contribution >= 0.6 is 0 Å². The molecule has 0 saturated carbocycles. The lowest BCUT2D eigenvalue weighted by Crippen LogP contribution is -2.44. The number of aliphatic hydroxyl groups is 1. The zero-order valence-electron chi connectivity index (χ0n) is 13.9. The van der Waals surface area contributed by atoms with Crippen molar-refractivity contribution in [3.63, 3.8) is 0 Å². The fourth-order valence-corrected chi connectivity index (χ4v) is 2.55. The molecule has 1 rings (SSSR count). The molecule has 1 N–H and O–H groups in total. The summed E-state index contributed by atoms with van der Waals surface area (Å²) in [4.78, 5) is 25.3. The van der Waals surface area contributed by atoms with Crippen LogP contribution in [-0.2, 0) is 9.53 Å². The summed E-state index contributed by atoms with van der Waals surface area (Å²) in [5.74, 6) is -0.195. The molecule has 1 fully saturated rings. The van der Waals surface area contributed by atoms with Crippen molar-refractivity contribution in [1.29, 1.82) is 0 Å². The van der Waals surface area contributed by atoms with Crippen molar-refractivity contribution in [1.82, 2.24) is 4.90 Å². The maximum Gasteiger partial charge on any atom is 0.416 e. The molecule has 21 heavy (non-hydrogen) atoms. The van der Waals surface area contributed by atoms with E-state index in [1.807, 2.05) is 27.7 Å². The molecule has 0 spiro atoms. The van der Waals surface area contributed by atoms with E-state index >= 15 is 0 Å². The van der Waals surface area contributed by atoms with Crippen molar-refractivity contribution in [3.05, 3.63) is 0 Å². The molecule has 5 nitrogen and oxygen atoms in total. The minimum Gasteiger partial charge on any atom is -0.447 e. The normalized spacial score (nSPS) is 20.8. The van der Waals surface area contributed by atoms with Crippen molar-refractivity contribution in [2.75, 3.05) is 6.61 Å². The monoisotopic (exact) mass is 299 g/mol. The van der Waals surface area contributed by atoms with E-state index in [1.54, 1.807) is 0 Å². The Labute approximate surface area is 127 Å². The quantitative estimate of drug-likeness (QED) is 0.785. The molecule has 0 aliphatic carbocycles. The zero-order valence-corrected chi connectivity index (χ0v) is 13.9. The number of rotatable bonds is 7. The van der Waals surface area contributed by atoms with E-state index in [0.717, 1.165) is 19.3 Å². The first kappa shape index (κ1) is 18.0. The molecule has 2 atom stereocenters. The molecule has 0 aromatic heterocycles. The average Bonchev–Trinajstić information content (AvgIpc) is 2.78. The first-order valence-electron chi connectivity index (χ1n) is 7.87. The molecule has 0 radical (unpaired) electrons. The second-order valence-corrected chi connectivity index (χ2v) is 6.96. The Bertz CT molecular complexity index is 378. The highest BCUT2D eigenvalue weighted by Gasteiger charge is 2.41. The summed E-state index contributed by atoms with van der Waals surface area (Å²) in [6.45, 7) is 10.2. The molecule has 5 heteroatoms. The molecular formula is C16H29NO4. The number of carbonyl (C=O) groups excluding carboxylic acids is 2. The lowest BCUT2D eigenvalue weighted by Gasteiger charge is -2.32. The van der Waals surface area contributed by atoms with Crippen LogP contribution in [0.3, 0.4) is 0 Å². The van der Waals surface area contributed by atoms with Crippen LogP contribution in [0.5, 0.6) is 0 Å². The smallest absolute Gasteiger partial charge is 0.416 e. The minimum absolute atomic E-state index is 0.0327. The van der Waals surface area contributed by atoms with Gasteiger partial charge in [0.15, 0.2) is 0 Å². The van der Waals surface area contributed by atoms with Crippen molar-refractivity contribution >= 4 is 12.0 Å². The predicted molar refractivity (Wildman–Crippen MR) is 80.7 cm³/mol. The standard InChI is InChI=1S/C16H29NO4/c1-6-7-8-16(4,5)13(18)9-14(19)17-12(11(2)3)10-21-15(17)20/h11-13,18H,6-10H2,1-5H3/t12-,13-/m1/s1. The summed E-state index contributed by atoms with van der Waals surface area (Å²) in [5, 5.41) is 10.3. The molecule has 1 aliphatic heterocycles. The number of hydrogen-bond donors (Lipinski definition) is 1. The maximum atomic E-state index is 12.4. The topological polar surface area (TPSA) is 66.8 Å². The second kappa shape index (κ2) is 7.25. The SMILES string of the molecule is CCCCC(C)(C)[C@H](O)CC(=O)N1C(=O)OC[C@@H]1C(C)C. The number of imide groups is 1. The molecule has 1 heterocycles. The Hall–Kier alpha value is -1.10. The largest absolute Gasteiger partial charge is 0.447 e. The molecule has 1 saturated heterocycles. The highest BCUT2D eigenvalue weighted by atomic mass is 16.6. The number of carbonyl (C=O) groups is 2. The van der Waals surface area contributed by atoms with E-state index in [1.165, 1.54) is 4.90 Å². The van der Waals surface area contributed by atoms with Gasteiger partial charge < -0.3 is 9.84 Å². The Morgan fingerprint density at radius 1 is 1.48 bits per heavy atom. The van der Waals surface area contributed by atoms with Gasteiger partial charge in [-0.2, -0.15) is 0 Å². The Morgan fingerprint density at radius 2 is 2.10 bits per heavy atom. The number of nitrogens with zero attached hydrogens (tertiary/aromatic N) is 1. The van der Waals surface area contributed by atoms with Crippen molar-refractivity contribution in [2.24, 2.45) is 11.3 Å². The lowest BCUT2D eigenvalue weighted by atomic mass is 9.80. The number of cyclic esters (lactones) is 1. The van der Waals surface area contributed by atoms with Crippen molar-refractivity contribution in [2.45, 2.75) is 72.4 Å². The molecule has 1 aliphatic rings. The molecule has 0 aromatic rings. The highest BCUT2D eigenvalue weighted by Crippen LogP contribution is 2.31. The molecular weight excluding hydrogens is 270 g/mol. The number of aliphatic hydroxyl groups excluding tert-OH is 1. The van der Waals surface area contributed by atoms with Gasteiger partial charge in [0.25, 0.3) is 0 Å². The van der Waals surface area contributed by atoms with Gasteiger partial charge in [-0.05, 0) is 17.8 Å². The predicted octanol–water partition coefficient (Wildman–Crippen LogP) is 2.96. The molecule has 2 amide bonds. The summed E-state index contributed by atoms with van der Waals surface area (Å²) < 4.78 is 4.98. The van der Waals surface area contributed by atoms with Gasteiger partial charge in [0.2, 0.25) is 5.91 Å². The summed E-state index contributed by atoms with van der Waals surface area (Å²) in [5.41, 5.74) is -0.331. The van der Waals surface area contributed by atoms with E-state index in [9.17, 15) is 14.7 Å². The van der Waals surface area contributed by atoms with Crippen LogP contribution in [0.1, 0.15) is 60.3 Å². The van der Waals surface area contributed by atoms with E-state index in [-0.39, 0.29) is 36.3 Å². The summed E-state index contributed by atoms with van der Waals surface area (Å²) in [7, 11) is 0. The number of hydrogen-bond acceptors (Lipinski definition) is 4. The second-order valence-electron chi connectivity index (χ2n) is 6.96. The van der Waals surface area contributed by atoms with Gasteiger partial charge in [-0.15, -0.1) is 0 Å². The van der Waals surface area contributed by atoms with E-state index in [4.69, 9.17) is 4.74 Å². The Morgan fingerprint density at radius 3 is 2.62 bits per heavy atom. The third kappa shape index (κ3) is 4.43. The maximum absolute atomic E-state index is 12.4. The third-order valence-corrected chi connectivity index (χ3v) is 4.39. The van der Waals surface area contributed by atoms with Crippen LogP contribution in [0, 0.1) is 11.3 Å². The van der Waals surface area contributed by atoms with Gasteiger partial charge in [-0.1, -0.05) is 47.5 Å². The zero-order chi connectivity index (χ0) is 16.2. The van der Waals surface area contributed by atoms with E-state index in [0.29, 0.717) is 0 Å².